The number of aliphatic carboxylic acids is 1. The van der Waals surface area contributed by atoms with Gasteiger partial charge in [0.05, 0.1) is 26.2 Å². The maximum absolute atomic E-state index is 11.5. The molecule has 0 aromatic heterocycles. The molecular weight excluding hydrogens is 382 g/mol. The minimum atomic E-state index is -0.948. The number of carboxylic acid groups (broad SMARTS) is 1. The molecule has 6 nitrogen and oxygen atoms in total. The molecule has 152 valence electrons. The van der Waals surface area contributed by atoms with Gasteiger partial charge in [0.1, 0.15) is 23.0 Å². The van der Waals surface area contributed by atoms with Gasteiger partial charge in [0.15, 0.2) is 0 Å². The fourth-order valence-electron chi connectivity index (χ4n) is 4.03. The van der Waals surface area contributed by atoms with E-state index in [0.717, 1.165) is 22.3 Å². The van der Waals surface area contributed by atoms with Crippen LogP contribution in [0.3, 0.4) is 0 Å². The molecule has 0 radical (unpaired) electrons. The van der Waals surface area contributed by atoms with Crippen LogP contribution in [0.4, 0.5) is 0 Å². The number of carbonyl (C=O) groups is 1. The van der Waals surface area contributed by atoms with E-state index >= 15 is 0 Å². The first-order chi connectivity index (χ1) is 12.8. The predicted octanol–water partition coefficient (Wildman–Crippen LogP) is 3.95. The molecule has 1 aliphatic heterocycles. The number of carboxylic acids is 1. The molecule has 0 saturated carbocycles. The summed E-state index contributed by atoms with van der Waals surface area (Å²) in [6.07, 6.45) is -0.195. The second-order valence-corrected chi connectivity index (χ2v) is 7.20. The van der Waals surface area contributed by atoms with Crippen LogP contribution in [0.25, 0.3) is 0 Å². The number of aryl methyl sites for hydroxylation is 1. The topological polar surface area (TPSA) is 91.0 Å². The first-order valence-electron chi connectivity index (χ1n) is 8.77. The van der Waals surface area contributed by atoms with Crippen molar-refractivity contribution in [2.24, 2.45) is 5.73 Å². The van der Waals surface area contributed by atoms with Gasteiger partial charge in [-0.15, -0.1) is 12.4 Å². The monoisotopic (exact) mass is 407 g/mol. The standard InChI is InChI=1S/C21H25NO5.ClH/c1-11-8-16(26-5)12(9-17(23)24)20-18(11)21(2,3)14-6-7-15(25-4)13(10-22)19(14)27-20;/h6-8H,9-10,22H2,1-5H3,(H,23,24);1H. The van der Waals surface area contributed by atoms with Crippen molar-refractivity contribution >= 4 is 18.4 Å². The molecule has 2 aromatic carbocycles. The Morgan fingerprint density at radius 2 is 1.79 bits per heavy atom. The average Bonchev–Trinajstić information content (AvgIpc) is 2.61. The van der Waals surface area contributed by atoms with Crippen molar-refractivity contribution in [2.75, 3.05) is 14.2 Å². The molecule has 2 aromatic rings. The minimum absolute atomic E-state index is 0. The van der Waals surface area contributed by atoms with Crippen LogP contribution in [0.5, 0.6) is 23.0 Å². The number of halogens is 1. The lowest BCUT2D eigenvalue weighted by Gasteiger charge is -2.38. The number of fused-ring (bicyclic) bond motifs is 2. The zero-order valence-electron chi connectivity index (χ0n) is 16.7. The quantitative estimate of drug-likeness (QED) is 0.779. The number of hydrogen-bond acceptors (Lipinski definition) is 5. The van der Waals surface area contributed by atoms with Gasteiger partial charge in [-0.2, -0.15) is 0 Å². The first kappa shape index (κ1) is 21.9. The molecule has 0 bridgehead atoms. The average molecular weight is 408 g/mol. The number of hydrogen-bond donors (Lipinski definition) is 2. The van der Waals surface area contributed by atoms with E-state index in [4.69, 9.17) is 19.9 Å². The van der Waals surface area contributed by atoms with Gasteiger partial charge in [0, 0.05) is 28.7 Å². The molecule has 1 aliphatic rings. The summed E-state index contributed by atoms with van der Waals surface area (Å²) in [7, 11) is 3.12. The van der Waals surface area contributed by atoms with E-state index in [1.807, 2.05) is 25.1 Å². The van der Waals surface area contributed by atoms with Gasteiger partial charge in [0.2, 0.25) is 0 Å². The van der Waals surface area contributed by atoms with Crippen LogP contribution in [0.2, 0.25) is 0 Å². The second kappa shape index (κ2) is 7.89. The Bertz CT molecular complexity index is 924. The Hall–Kier alpha value is -2.44. The highest BCUT2D eigenvalue weighted by Gasteiger charge is 2.39. The van der Waals surface area contributed by atoms with E-state index < -0.39 is 11.4 Å². The number of rotatable bonds is 5. The normalized spacial score (nSPS) is 13.5. The largest absolute Gasteiger partial charge is 0.496 e. The number of nitrogens with two attached hydrogens (primary N) is 1. The van der Waals surface area contributed by atoms with Gasteiger partial charge in [-0.1, -0.05) is 19.9 Å². The number of ether oxygens (including phenoxy) is 3. The van der Waals surface area contributed by atoms with Crippen molar-refractivity contribution in [3.63, 3.8) is 0 Å². The van der Waals surface area contributed by atoms with Gasteiger partial charge >= 0.3 is 5.97 Å². The molecule has 0 unspecified atom stereocenters. The van der Waals surface area contributed by atoms with Crippen molar-refractivity contribution in [1.82, 2.24) is 0 Å². The Kier molecular flexibility index (Phi) is 6.16. The van der Waals surface area contributed by atoms with Crippen molar-refractivity contribution in [2.45, 2.75) is 39.2 Å². The summed E-state index contributed by atoms with van der Waals surface area (Å²) >= 11 is 0. The summed E-state index contributed by atoms with van der Waals surface area (Å²) in [4.78, 5) is 11.5. The molecule has 0 saturated heterocycles. The number of methoxy groups -OCH3 is 2. The van der Waals surface area contributed by atoms with E-state index in [9.17, 15) is 9.90 Å². The van der Waals surface area contributed by atoms with Crippen molar-refractivity contribution in [3.05, 3.63) is 46.0 Å². The van der Waals surface area contributed by atoms with E-state index in [-0.39, 0.29) is 25.4 Å². The summed E-state index contributed by atoms with van der Waals surface area (Å²) in [5.41, 5.74) is 9.80. The lowest BCUT2D eigenvalue weighted by atomic mass is 9.72. The van der Waals surface area contributed by atoms with Crippen LogP contribution < -0.4 is 19.9 Å². The molecular formula is C21H26ClNO5. The highest BCUT2D eigenvalue weighted by Crippen LogP contribution is 2.54. The summed E-state index contributed by atoms with van der Waals surface area (Å²) in [6, 6.07) is 5.76. The Labute approximate surface area is 171 Å². The zero-order chi connectivity index (χ0) is 19.9. The predicted molar refractivity (Wildman–Crippen MR) is 109 cm³/mol. The molecule has 0 aliphatic carbocycles. The van der Waals surface area contributed by atoms with Gasteiger partial charge in [-0.3, -0.25) is 4.79 Å². The SMILES string of the molecule is COc1ccc2c(c1CN)Oc1c(CC(=O)O)c(OC)cc(C)c1C2(C)C.Cl. The van der Waals surface area contributed by atoms with E-state index in [1.54, 1.807) is 7.11 Å². The highest BCUT2D eigenvalue weighted by molar-refractivity contribution is 5.85. The maximum Gasteiger partial charge on any atom is 0.308 e. The third-order valence-electron chi connectivity index (χ3n) is 5.23. The molecule has 0 spiro atoms. The zero-order valence-corrected chi connectivity index (χ0v) is 17.5. The van der Waals surface area contributed by atoms with Gasteiger partial charge < -0.3 is 25.1 Å². The summed E-state index contributed by atoms with van der Waals surface area (Å²) in [6.45, 7) is 6.43. The van der Waals surface area contributed by atoms with Crippen molar-refractivity contribution in [1.29, 1.82) is 0 Å². The summed E-state index contributed by atoms with van der Waals surface area (Å²) < 4.78 is 17.2. The van der Waals surface area contributed by atoms with E-state index in [0.29, 0.717) is 28.6 Å². The van der Waals surface area contributed by atoms with E-state index in [1.165, 1.54) is 7.11 Å². The van der Waals surface area contributed by atoms with Gasteiger partial charge in [-0.05, 0) is 24.6 Å². The molecule has 0 fully saturated rings. The number of benzene rings is 2. The Balaban J connectivity index is 0.00000280. The fourth-order valence-corrected chi connectivity index (χ4v) is 4.03. The van der Waals surface area contributed by atoms with Gasteiger partial charge in [-0.25, -0.2) is 0 Å². The lowest BCUT2D eigenvalue weighted by molar-refractivity contribution is -0.136. The lowest BCUT2D eigenvalue weighted by Crippen LogP contribution is -2.28. The van der Waals surface area contributed by atoms with Gasteiger partial charge in [0.25, 0.3) is 0 Å². The maximum atomic E-state index is 11.5. The van der Waals surface area contributed by atoms with Crippen molar-refractivity contribution in [3.8, 4) is 23.0 Å². The molecule has 0 amide bonds. The third-order valence-corrected chi connectivity index (χ3v) is 5.23. The first-order valence-corrected chi connectivity index (χ1v) is 8.77. The highest BCUT2D eigenvalue weighted by atomic mass is 35.5. The Morgan fingerprint density at radius 3 is 2.32 bits per heavy atom. The Morgan fingerprint density at radius 1 is 1.14 bits per heavy atom. The molecule has 7 heteroatoms. The van der Waals surface area contributed by atoms with Crippen LogP contribution in [0.1, 0.15) is 41.7 Å². The van der Waals surface area contributed by atoms with Crippen LogP contribution in [0, 0.1) is 6.92 Å². The van der Waals surface area contributed by atoms with Crippen molar-refractivity contribution < 1.29 is 24.1 Å². The summed E-state index contributed by atoms with van der Waals surface area (Å²) in [5.74, 6) is 1.37. The smallest absolute Gasteiger partial charge is 0.308 e. The van der Waals surface area contributed by atoms with Crippen LogP contribution in [-0.2, 0) is 23.2 Å². The van der Waals surface area contributed by atoms with Crippen LogP contribution in [0.15, 0.2) is 18.2 Å². The fraction of sp³-hybridized carbons (Fsp3) is 0.381. The van der Waals surface area contributed by atoms with E-state index in [2.05, 4.69) is 13.8 Å². The summed E-state index contributed by atoms with van der Waals surface area (Å²) in [5, 5.41) is 9.41. The molecule has 0 atom stereocenters. The minimum Gasteiger partial charge on any atom is -0.496 e. The second-order valence-electron chi connectivity index (χ2n) is 7.20. The molecule has 3 rings (SSSR count). The molecule has 28 heavy (non-hydrogen) atoms. The van der Waals surface area contributed by atoms with Crippen LogP contribution >= 0.6 is 12.4 Å². The third kappa shape index (κ3) is 3.27. The molecule has 3 N–H and O–H groups in total. The molecule has 1 heterocycles. The van der Waals surface area contributed by atoms with Crippen LogP contribution in [-0.4, -0.2) is 25.3 Å².